The zero-order valence-corrected chi connectivity index (χ0v) is 13.4. The van der Waals surface area contributed by atoms with E-state index in [2.05, 4.69) is 26.0 Å². The quantitative estimate of drug-likeness (QED) is 0.853. The lowest BCUT2D eigenvalue weighted by molar-refractivity contribution is 0.193. The van der Waals surface area contributed by atoms with E-state index in [0.717, 1.165) is 51.6 Å². The summed E-state index contributed by atoms with van der Waals surface area (Å²) >= 11 is 5.89. The van der Waals surface area contributed by atoms with Gasteiger partial charge in [0, 0.05) is 38.3 Å². The predicted molar refractivity (Wildman–Crippen MR) is 84.2 cm³/mol. The van der Waals surface area contributed by atoms with Crippen molar-refractivity contribution in [2.45, 2.75) is 25.4 Å². The Balaban J connectivity index is 1.40. The van der Waals surface area contributed by atoms with Crippen LogP contribution in [0.5, 0.6) is 0 Å². The molecule has 1 aliphatic heterocycles. The summed E-state index contributed by atoms with van der Waals surface area (Å²) in [7, 11) is 0. The zero-order chi connectivity index (χ0) is 15.8. The van der Waals surface area contributed by atoms with Crippen LogP contribution in [0.1, 0.15) is 30.3 Å². The van der Waals surface area contributed by atoms with Gasteiger partial charge in [-0.1, -0.05) is 11.6 Å². The lowest BCUT2D eigenvalue weighted by Crippen LogP contribution is -2.47. The molecular weight excluding hydrogens is 316 g/mol. The lowest BCUT2D eigenvalue weighted by Gasteiger charge is -2.34. The molecule has 2 aliphatic rings. The number of hydrogen-bond donors (Lipinski definition) is 0. The van der Waals surface area contributed by atoms with E-state index in [1.54, 1.807) is 6.20 Å². The van der Waals surface area contributed by atoms with Crippen molar-refractivity contribution in [2.75, 3.05) is 31.1 Å². The first-order valence-electron chi connectivity index (χ1n) is 7.79. The molecule has 0 aromatic carbocycles. The molecule has 2 fully saturated rings. The van der Waals surface area contributed by atoms with Crippen molar-refractivity contribution in [1.82, 2.24) is 19.7 Å². The third kappa shape index (κ3) is 3.05. The van der Waals surface area contributed by atoms with Gasteiger partial charge in [0.25, 0.3) is 0 Å². The van der Waals surface area contributed by atoms with Crippen LogP contribution in [0.3, 0.4) is 0 Å². The average molecular weight is 333 g/mol. The van der Waals surface area contributed by atoms with Crippen LogP contribution in [0.4, 0.5) is 5.88 Å². The minimum Gasteiger partial charge on any atom is -0.423 e. The number of anilines is 1. The predicted octanol–water partition coefficient (Wildman–Crippen LogP) is 2.05. The molecule has 3 heterocycles. The first-order valence-corrected chi connectivity index (χ1v) is 8.17. The van der Waals surface area contributed by atoms with Gasteiger partial charge in [-0.05, 0) is 12.8 Å². The fraction of sp³-hybridized carbons (Fsp3) is 0.533. The van der Waals surface area contributed by atoms with E-state index in [0.29, 0.717) is 22.5 Å². The molecule has 0 bridgehead atoms. The van der Waals surface area contributed by atoms with Gasteiger partial charge in [0.2, 0.25) is 17.5 Å². The minimum atomic E-state index is 0.416. The number of aromatic nitrogens is 3. The Morgan fingerprint density at radius 3 is 2.70 bits per heavy atom. The van der Waals surface area contributed by atoms with Crippen molar-refractivity contribution in [3.05, 3.63) is 29.0 Å². The van der Waals surface area contributed by atoms with Crippen LogP contribution in [0.15, 0.2) is 16.8 Å². The summed E-state index contributed by atoms with van der Waals surface area (Å²) in [4.78, 5) is 8.75. The number of rotatable bonds is 4. The normalized spacial score (nSPS) is 19.0. The third-order valence-corrected chi connectivity index (χ3v) is 4.46. The molecule has 0 radical (unpaired) electrons. The summed E-state index contributed by atoms with van der Waals surface area (Å²) in [6, 6.07) is 2.16. The van der Waals surface area contributed by atoms with Gasteiger partial charge in [0.05, 0.1) is 17.9 Å². The van der Waals surface area contributed by atoms with Gasteiger partial charge in [0.1, 0.15) is 6.07 Å². The monoisotopic (exact) mass is 332 g/mol. The Labute approximate surface area is 139 Å². The standard InChI is InChI=1S/C15H17ClN6O/c16-12-8-18-22(9-12)10-20-3-5-21(6-4-20)15-13(7-17)19-14(23-15)11-1-2-11/h8-9,11H,1-6,10H2. The number of halogens is 1. The second kappa shape index (κ2) is 5.87. The molecular formula is C15H17ClN6O. The van der Waals surface area contributed by atoms with E-state index in [1.165, 1.54) is 0 Å². The molecule has 2 aromatic heterocycles. The SMILES string of the molecule is N#Cc1nc(C2CC2)oc1N1CCN(Cn2cc(Cl)cn2)CC1. The molecule has 4 rings (SSSR count). The fourth-order valence-corrected chi connectivity index (χ4v) is 2.99. The second-order valence-electron chi connectivity index (χ2n) is 6.04. The number of hydrogen-bond acceptors (Lipinski definition) is 6. The van der Waals surface area contributed by atoms with Crippen LogP contribution in [-0.4, -0.2) is 45.8 Å². The number of nitrogens with zero attached hydrogens (tertiary/aromatic N) is 6. The molecule has 1 saturated carbocycles. The van der Waals surface area contributed by atoms with Gasteiger partial charge < -0.3 is 9.32 Å². The Morgan fingerprint density at radius 1 is 1.30 bits per heavy atom. The van der Waals surface area contributed by atoms with E-state index < -0.39 is 0 Å². The summed E-state index contributed by atoms with van der Waals surface area (Å²) in [5, 5.41) is 14.1. The van der Waals surface area contributed by atoms with Crippen molar-refractivity contribution in [3.63, 3.8) is 0 Å². The fourth-order valence-electron chi connectivity index (χ4n) is 2.83. The van der Waals surface area contributed by atoms with Crippen LogP contribution in [-0.2, 0) is 6.67 Å². The Morgan fingerprint density at radius 2 is 2.09 bits per heavy atom. The van der Waals surface area contributed by atoms with E-state index >= 15 is 0 Å². The summed E-state index contributed by atoms with van der Waals surface area (Å²) in [6.45, 7) is 4.09. The van der Waals surface area contributed by atoms with Crippen molar-refractivity contribution in [1.29, 1.82) is 5.26 Å². The van der Waals surface area contributed by atoms with Gasteiger partial charge in [-0.3, -0.25) is 9.58 Å². The first-order chi connectivity index (χ1) is 11.2. The van der Waals surface area contributed by atoms with Gasteiger partial charge in [-0.15, -0.1) is 0 Å². The van der Waals surface area contributed by atoms with E-state index in [1.807, 2.05) is 10.9 Å². The van der Waals surface area contributed by atoms with Crippen LogP contribution in [0.2, 0.25) is 5.02 Å². The van der Waals surface area contributed by atoms with Crippen molar-refractivity contribution < 1.29 is 4.42 Å². The smallest absolute Gasteiger partial charge is 0.234 e. The molecule has 120 valence electrons. The Hall–Kier alpha value is -2.04. The zero-order valence-electron chi connectivity index (χ0n) is 12.7. The summed E-state index contributed by atoms with van der Waals surface area (Å²) in [5.41, 5.74) is 0.416. The van der Waals surface area contributed by atoms with E-state index in [-0.39, 0.29) is 0 Å². The molecule has 0 N–H and O–H groups in total. The van der Waals surface area contributed by atoms with Crippen LogP contribution in [0, 0.1) is 11.3 Å². The third-order valence-electron chi connectivity index (χ3n) is 4.26. The van der Waals surface area contributed by atoms with Crippen LogP contribution in [0.25, 0.3) is 0 Å². The molecule has 1 saturated heterocycles. The number of oxazole rings is 1. The van der Waals surface area contributed by atoms with Gasteiger partial charge in [0.15, 0.2) is 0 Å². The Bertz CT molecular complexity index is 735. The van der Waals surface area contributed by atoms with Crippen molar-refractivity contribution in [2.24, 2.45) is 0 Å². The maximum Gasteiger partial charge on any atom is 0.234 e. The molecule has 0 spiro atoms. The average Bonchev–Trinajstić information content (AvgIpc) is 3.20. The van der Waals surface area contributed by atoms with Gasteiger partial charge in [-0.2, -0.15) is 10.4 Å². The number of piperazine rings is 1. The summed E-state index contributed by atoms with van der Waals surface area (Å²) in [6.07, 6.45) is 5.70. The highest BCUT2D eigenvalue weighted by Gasteiger charge is 2.32. The highest BCUT2D eigenvalue weighted by Crippen LogP contribution is 2.41. The van der Waals surface area contributed by atoms with Crippen LogP contribution >= 0.6 is 11.6 Å². The molecule has 0 amide bonds. The molecule has 8 heteroatoms. The molecule has 2 aromatic rings. The molecule has 23 heavy (non-hydrogen) atoms. The highest BCUT2D eigenvalue weighted by molar-refractivity contribution is 6.30. The molecule has 7 nitrogen and oxygen atoms in total. The first kappa shape index (κ1) is 14.5. The largest absolute Gasteiger partial charge is 0.423 e. The second-order valence-corrected chi connectivity index (χ2v) is 6.47. The minimum absolute atomic E-state index is 0.416. The molecule has 0 atom stereocenters. The van der Waals surface area contributed by atoms with Crippen molar-refractivity contribution >= 4 is 17.5 Å². The lowest BCUT2D eigenvalue weighted by atomic mass is 10.3. The van der Waals surface area contributed by atoms with Crippen LogP contribution < -0.4 is 4.90 Å². The topological polar surface area (TPSA) is 74.1 Å². The highest BCUT2D eigenvalue weighted by atomic mass is 35.5. The maximum atomic E-state index is 9.28. The van der Waals surface area contributed by atoms with Gasteiger partial charge >= 0.3 is 0 Å². The summed E-state index contributed by atoms with van der Waals surface area (Å²) in [5.74, 6) is 1.78. The van der Waals surface area contributed by atoms with Gasteiger partial charge in [-0.25, -0.2) is 4.98 Å². The summed E-state index contributed by atoms with van der Waals surface area (Å²) < 4.78 is 7.70. The molecule has 0 unspecified atom stereocenters. The van der Waals surface area contributed by atoms with E-state index in [4.69, 9.17) is 16.0 Å². The molecule has 1 aliphatic carbocycles. The van der Waals surface area contributed by atoms with E-state index in [9.17, 15) is 5.26 Å². The Kier molecular flexibility index (Phi) is 3.71. The number of nitriles is 1. The maximum absolute atomic E-state index is 9.28. The van der Waals surface area contributed by atoms with Crippen molar-refractivity contribution in [3.8, 4) is 6.07 Å².